The van der Waals surface area contributed by atoms with E-state index in [1.165, 1.54) is 41.8 Å². The van der Waals surface area contributed by atoms with Crippen LogP contribution in [-0.2, 0) is 6.42 Å². The maximum atomic E-state index is 12.5. The molecule has 6 nitrogen and oxygen atoms in total. The largest absolute Gasteiger partial charge is 0.503 e. The highest BCUT2D eigenvalue weighted by molar-refractivity contribution is 7.22. The van der Waals surface area contributed by atoms with E-state index in [2.05, 4.69) is 33.5 Å². The first kappa shape index (κ1) is 17.9. The predicted octanol–water partition coefficient (Wildman–Crippen LogP) is 4.25. The monoisotopic (exact) mass is 391 g/mol. The van der Waals surface area contributed by atoms with Crippen LogP contribution in [0.15, 0.2) is 60.8 Å². The van der Waals surface area contributed by atoms with Crippen LogP contribution in [0.4, 0.5) is 5.13 Å². The van der Waals surface area contributed by atoms with Crippen molar-refractivity contribution < 1.29 is 14.6 Å². The Kier molecular flexibility index (Phi) is 4.90. The number of carbonyl (C=O) groups excluding carboxylic acids is 1. The Balaban J connectivity index is 1.56. The zero-order valence-corrected chi connectivity index (χ0v) is 15.9. The van der Waals surface area contributed by atoms with Gasteiger partial charge in [-0.2, -0.15) is 0 Å². The SMILES string of the molecule is COc1ccnc(C(=O)Nc2nc3ccc(Cc4ccccc4)cc3s2)c1O. The highest BCUT2D eigenvalue weighted by atomic mass is 32.1. The zero-order chi connectivity index (χ0) is 19.5. The normalized spacial score (nSPS) is 10.8. The van der Waals surface area contributed by atoms with E-state index in [9.17, 15) is 9.90 Å². The van der Waals surface area contributed by atoms with Crippen molar-refractivity contribution in [3.05, 3.63) is 77.6 Å². The van der Waals surface area contributed by atoms with Crippen molar-refractivity contribution in [3.63, 3.8) is 0 Å². The molecule has 2 N–H and O–H groups in total. The molecular weight excluding hydrogens is 374 g/mol. The standard InChI is InChI=1S/C21H17N3O3S/c1-27-16-9-10-22-18(19(16)25)20(26)24-21-23-15-8-7-14(12-17(15)28-21)11-13-5-3-2-4-6-13/h2-10,12,25H,11H2,1H3,(H,23,24,26). The lowest BCUT2D eigenvalue weighted by Gasteiger charge is -2.06. The molecule has 0 aliphatic carbocycles. The number of pyridine rings is 1. The molecule has 0 aliphatic rings. The van der Waals surface area contributed by atoms with Gasteiger partial charge in [0.15, 0.2) is 22.3 Å². The van der Waals surface area contributed by atoms with E-state index < -0.39 is 5.91 Å². The van der Waals surface area contributed by atoms with Crippen LogP contribution < -0.4 is 10.1 Å². The van der Waals surface area contributed by atoms with Gasteiger partial charge in [0.05, 0.1) is 17.3 Å². The topological polar surface area (TPSA) is 84.3 Å². The predicted molar refractivity (Wildman–Crippen MR) is 109 cm³/mol. The number of nitrogens with one attached hydrogen (secondary N) is 1. The number of ether oxygens (including phenoxy) is 1. The number of aromatic hydroxyl groups is 1. The lowest BCUT2D eigenvalue weighted by Crippen LogP contribution is -2.13. The van der Waals surface area contributed by atoms with Crippen molar-refractivity contribution in [3.8, 4) is 11.5 Å². The molecule has 0 saturated carbocycles. The van der Waals surface area contributed by atoms with Gasteiger partial charge < -0.3 is 9.84 Å². The Morgan fingerprint density at radius 1 is 1.14 bits per heavy atom. The van der Waals surface area contributed by atoms with Crippen LogP contribution in [0.1, 0.15) is 21.6 Å². The van der Waals surface area contributed by atoms with Crippen LogP contribution in [-0.4, -0.2) is 28.1 Å². The summed E-state index contributed by atoms with van der Waals surface area (Å²) in [6.45, 7) is 0. The number of fused-ring (bicyclic) bond motifs is 1. The summed E-state index contributed by atoms with van der Waals surface area (Å²) in [5.74, 6) is -0.649. The number of hydrogen-bond acceptors (Lipinski definition) is 6. The summed E-state index contributed by atoms with van der Waals surface area (Å²) in [6.07, 6.45) is 2.24. The van der Waals surface area contributed by atoms with Gasteiger partial charge in [-0.05, 0) is 29.7 Å². The molecule has 1 amide bonds. The number of carbonyl (C=O) groups is 1. The molecule has 4 rings (SSSR count). The van der Waals surface area contributed by atoms with E-state index in [1.807, 2.05) is 30.3 Å². The van der Waals surface area contributed by atoms with Crippen LogP contribution in [0.5, 0.6) is 11.5 Å². The molecule has 0 saturated heterocycles. The molecule has 7 heteroatoms. The van der Waals surface area contributed by atoms with Gasteiger partial charge in [-0.1, -0.05) is 47.7 Å². The Labute approximate surface area is 165 Å². The van der Waals surface area contributed by atoms with Crippen molar-refractivity contribution in [1.29, 1.82) is 0 Å². The van der Waals surface area contributed by atoms with Gasteiger partial charge >= 0.3 is 0 Å². The lowest BCUT2D eigenvalue weighted by atomic mass is 10.1. The van der Waals surface area contributed by atoms with Crippen LogP contribution in [0, 0.1) is 0 Å². The molecule has 0 spiro atoms. The minimum Gasteiger partial charge on any atom is -0.503 e. The van der Waals surface area contributed by atoms with Crippen LogP contribution in [0.25, 0.3) is 10.2 Å². The van der Waals surface area contributed by atoms with Gasteiger partial charge in [-0.15, -0.1) is 0 Å². The summed E-state index contributed by atoms with van der Waals surface area (Å²) in [6, 6.07) is 17.8. The Morgan fingerprint density at radius 2 is 1.96 bits per heavy atom. The smallest absolute Gasteiger partial charge is 0.280 e. The Morgan fingerprint density at radius 3 is 2.75 bits per heavy atom. The van der Waals surface area contributed by atoms with Gasteiger partial charge in [0.25, 0.3) is 5.91 Å². The molecule has 140 valence electrons. The van der Waals surface area contributed by atoms with E-state index in [0.29, 0.717) is 5.13 Å². The fourth-order valence-electron chi connectivity index (χ4n) is 2.89. The molecule has 2 aromatic heterocycles. The molecule has 4 aromatic rings. The molecule has 0 radical (unpaired) electrons. The first-order valence-electron chi connectivity index (χ1n) is 8.61. The molecule has 0 fully saturated rings. The van der Waals surface area contributed by atoms with E-state index in [-0.39, 0.29) is 17.2 Å². The number of rotatable bonds is 5. The number of hydrogen-bond donors (Lipinski definition) is 2. The summed E-state index contributed by atoms with van der Waals surface area (Å²) < 4.78 is 5.99. The second-order valence-corrected chi connectivity index (χ2v) is 7.18. The minimum absolute atomic E-state index is 0.108. The summed E-state index contributed by atoms with van der Waals surface area (Å²) >= 11 is 1.38. The fourth-order valence-corrected chi connectivity index (χ4v) is 3.81. The van der Waals surface area contributed by atoms with Crippen LogP contribution >= 0.6 is 11.3 Å². The molecule has 0 bridgehead atoms. The average molecular weight is 391 g/mol. The number of methoxy groups -OCH3 is 1. The molecule has 28 heavy (non-hydrogen) atoms. The Hall–Kier alpha value is -3.45. The minimum atomic E-state index is -0.542. The van der Waals surface area contributed by atoms with Crippen LogP contribution in [0.2, 0.25) is 0 Å². The first-order valence-corrected chi connectivity index (χ1v) is 9.42. The third-order valence-corrected chi connectivity index (χ3v) is 5.18. The number of amides is 1. The Bertz CT molecular complexity index is 1140. The second kappa shape index (κ2) is 7.66. The van der Waals surface area contributed by atoms with E-state index in [4.69, 9.17) is 4.74 Å². The fraction of sp³-hybridized carbons (Fsp3) is 0.0952. The highest BCUT2D eigenvalue weighted by Crippen LogP contribution is 2.30. The summed E-state index contributed by atoms with van der Waals surface area (Å²) in [7, 11) is 1.41. The van der Waals surface area contributed by atoms with E-state index in [1.54, 1.807) is 0 Å². The highest BCUT2D eigenvalue weighted by Gasteiger charge is 2.18. The zero-order valence-electron chi connectivity index (χ0n) is 15.0. The van der Waals surface area contributed by atoms with Gasteiger partial charge in [-0.25, -0.2) is 9.97 Å². The quantitative estimate of drug-likeness (QED) is 0.531. The maximum absolute atomic E-state index is 12.5. The van der Waals surface area contributed by atoms with Crippen molar-refractivity contribution in [2.24, 2.45) is 0 Å². The van der Waals surface area contributed by atoms with Crippen molar-refractivity contribution in [2.75, 3.05) is 12.4 Å². The van der Waals surface area contributed by atoms with E-state index >= 15 is 0 Å². The van der Waals surface area contributed by atoms with Gasteiger partial charge in [0.2, 0.25) is 0 Å². The van der Waals surface area contributed by atoms with Crippen molar-refractivity contribution in [2.45, 2.75) is 6.42 Å². The summed E-state index contributed by atoms with van der Waals surface area (Å²) in [5.41, 5.74) is 3.11. The van der Waals surface area contributed by atoms with E-state index in [0.717, 1.165) is 16.6 Å². The molecule has 0 aliphatic heterocycles. The van der Waals surface area contributed by atoms with Crippen molar-refractivity contribution >= 4 is 32.6 Å². The van der Waals surface area contributed by atoms with Gasteiger partial charge in [0, 0.05) is 12.3 Å². The molecule has 2 heterocycles. The van der Waals surface area contributed by atoms with Crippen LogP contribution in [0.3, 0.4) is 0 Å². The van der Waals surface area contributed by atoms with Gasteiger partial charge in [0.1, 0.15) is 0 Å². The molecule has 2 aromatic carbocycles. The van der Waals surface area contributed by atoms with Gasteiger partial charge in [-0.3, -0.25) is 10.1 Å². The third-order valence-electron chi connectivity index (χ3n) is 4.25. The number of benzene rings is 2. The molecular formula is C21H17N3O3S. The first-order chi connectivity index (χ1) is 13.6. The maximum Gasteiger partial charge on any atom is 0.280 e. The lowest BCUT2D eigenvalue weighted by molar-refractivity contribution is 0.101. The number of aromatic nitrogens is 2. The number of anilines is 1. The second-order valence-electron chi connectivity index (χ2n) is 6.15. The molecule has 0 atom stereocenters. The molecule has 0 unspecified atom stereocenters. The number of nitrogens with zero attached hydrogens (tertiary/aromatic N) is 2. The van der Waals surface area contributed by atoms with Crippen molar-refractivity contribution in [1.82, 2.24) is 9.97 Å². The summed E-state index contributed by atoms with van der Waals surface area (Å²) in [4.78, 5) is 20.8. The average Bonchev–Trinajstić information content (AvgIpc) is 3.10. The number of thiazole rings is 1. The third kappa shape index (κ3) is 3.65. The summed E-state index contributed by atoms with van der Waals surface area (Å²) in [5, 5.41) is 13.2.